The van der Waals surface area contributed by atoms with Gasteiger partial charge >= 0.3 is 5.97 Å². The van der Waals surface area contributed by atoms with Gasteiger partial charge in [0.25, 0.3) is 0 Å². The molecule has 0 aliphatic carbocycles. The lowest BCUT2D eigenvalue weighted by atomic mass is 10.2. The van der Waals surface area contributed by atoms with Crippen molar-refractivity contribution in [2.24, 2.45) is 0 Å². The number of esters is 1. The molecule has 100 valence electrons. The fourth-order valence-corrected chi connectivity index (χ4v) is 1.49. The van der Waals surface area contributed by atoms with Gasteiger partial charge < -0.3 is 9.47 Å². The predicted molar refractivity (Wildman–Crippen MR) is 72.0 cm³/mol. The van der Waals surface area contributed by atoms with Crippen molar-refractivity contribution in [3.8, 4) is 0 Å². The molecular weight excluding hydrogens is 252 g/mol. The quantitative estimate of drug-likeness (QED) is 0.783. The molecule has 0 aromatic heterocycles. The van der Waals surface area contributed by atoms with Gasteiger partial charge in [0.1, 0.15) is 6.10 Å². The van der Waals surface area contributed by atoms with E-state index in [1.54, 1.807) is 31.2 Å². The summed E-state index contributed by atoms with van der Waals surface area (Å²) < 4.78 is 10.8. The zero-order valence-electron chi connectivity index (χ0n) is 11.2. The Kier molecular flexibility index (Phi) is 5.17. The van der Waals surface area contributed by atoms with Crippen molar-refractivity contribution in [2.75, 3.05) is 6.61 Å². The molecule has 0 amide bonds. The van der Waals surface area contributed by atoms with E-state index in [0.717, 1.165) is 0 Å². The lowest BCUT2D eigenvalue weighted by Gasteiger charge is -2.22. The maximum Gasteiger partial charge on any atom is 0.339 e. The second kappa shape index (κ2) is 6.21. The number of benzene rings is 1. The molecule has 3 nitrogen and oxygen atoms in total. The monoisotopic (exact) mass is 270 g/mol. The molecule has 4 heteroatoms. The standard InChI is InChI=1S/C14H19ClO3/c1-10(9-17-14(2,3)4)18-13(16)11-7-5-6-8-12(11)15/h5-8,10H,9H2,1-4H3. The number of hydrogen-bond donors (Lipinski definition) is 0. The van der Waals surface area contributed by atoms with Crippen LogP contribution in [-0.4, -0.2) is 24.3 Å². The molecule has 1 aromatic rings. The Morgan fingerprint density at radius 3 is 2.50 bits per heavy atom. The summed E-state index contributed by atoms with van der Waals surface area (Å²) in [5.74, 6) is -0.425. The fourth-order valence-electron chi connectivity index (χ4n) is 1.27. The van der Waals surface area contributed by atoms with Gasteiger partial charge in [-0.15, -0.1) is 0 Å². The van der Waals surface area contributed by atoms with Gasteiger partial charge in [0.2, 0.25) is 0 Å². The second-order valence-corrected chi connectivity index (χ2v) is 5.53. The van der Waals surface area contributed by atoms with Gasteiger partial charge in [-0.2, -0.15) is 0 Å². The van der Waals surface area contributed by atoms with E-state index in [0.29, 0.717) is 17.2 Å². The van der Waals surface area contributed by atoms with Gasteiger partial charge in [-0.3, -0.25) is 0 Å². The molecule has 0 spiro atoms. The molecule has 0 heterocycles. The Hall–Kier alpha value is -1.06. The number of rotatable bonds is 4. The summed E-state index contributed by atoms with van der Waals surface area (Å²) in [5, 5.41) is 0.395. The van der Waals surface area contributed by atoms with Crippen molar-refractivity contribution >= 4 is 17.6 Å². The Morgan fingerprint density at radius 1 is 1.33 bits per heavy atom. The molecule has 0 fully saturated rings. The highest BCUT2D eigenvalue weighted by Gasteiger charge is 2.17. The molecular formula is C14H19ClO3. The molecule has 0 N–H and O–H groups in total. The summed E-state index contributed by atoms with van der Waals surface area (Å²) in [5.41, 5.74) is 0.132. The van der Waals surface area contributed by atoms with Gasteiger partial charge in [0.15, 0.2) is 0 Å². The van der Waals surface area contributed by atoms with Crippen LogP contribution in [0.15, 0.2) is 24.3 Å². The molecule has 1 unspecified atom stereocenters. The first-order valence-corrected chi connectivity index (χ1v) is 6.27. The zero-order chi connectivity index (χ0) is 13.8. The minimum Gasteiger partial charge on any atom is -0.457 e. The van der Waals surface area contributed by atoms with Crippen LogP contribution in [0, 0.1) is 0 Å². The first-order chi connectivity index (χ1) is 8.29. The topological polar surface area (TPSA) is 35.5 Å². The average molecular weight is 271 g/mol. The minimum atomic E-state index is -0.425. The van der Waals surface area contributed by atoms with E-state index in [9.17, 15) is 4.79 Å². The summed E-state index contributed by atoms with van der Waals surface area (Å²) in [4.78, 5) is 11.8. The van der Waals surface area contributed by atoms with Crippen LogP contribution in [0.25, 0.3) is 0 Å². The number of halogens is 1. The third-order valence-corrected chi connectivity index (χ3v) is 2.48. The van der Waals surface area contributed by atoms with Crippen molar-refractivity contribution in [2.45, 2.75) is 39.4 Å². The van der Waals surface area contributed by atoms with Crippen LogP contribution in [0.5, 0.6) is 0 Å². The van der Waals surface area contributed by atoms with Crippen molar-refractivity contribution in [3.05, 3.63) is 34.9 Å². The van der Waals surface area contributed by atoms with Crippen molar-refractivity contribution in [1.29, 1.82) is 0 Å². The van der Waals surface area contributed by atoms with E-state index in [-0.39, 0.29) is 11.7 Å². The zero-order valence-corrected chi connectivity index (χ0v) is 12.0. The number of carbonyl (C=O) groups is 1. The molecule has 0 radical (unpaired) electrons. The van der Waals surface area contributed by atoms with E-state index >= 15 is 0 Å². The maximum absolute atomic E-state index is 11.8. The molecule has 18 heavy (non-hydrogen) atoms. The molecule has 0 saturated heterocycles. The van der Waals surface area contributed by atoms with Crippen molar-refractivity contribution in [3.63, 3.8) is 0 Å². The predicted octanol–water partition coefficient (Wildman–Crippen LogP) is 3.70. The van der Waals surface area contributed by atoms with Crippen LogP contribution in [-0.2, 0) is 9.47 Å². The van der Waals surface area contributed by atoms with E-state index in [1.165, 1.54) is 0 Å². The molecule has 0 saturated carbocycles. The highest BCUT2D eigenvalue weighted by atomic mass is 35.5. The maximum atomic E-state index is 11.8. The van der Waals surface area contributed by atoms with Gasteiger partial charge in [-0.1, -0.05) is 23.7 Å². The van der Waals surface area contributed by atoms with Crippen LogP contribution in [0.3, 0.4) is 0 Å². The van der Waals surface area contributed by atoms with Gasteiger partial charge in [-0.25, -0.2) is 4.79 Å². The van der Waals surface area contributed by atoms with Crippen LogP contribution in [0.1, 0.15) is 38.1 Å². The summed E-state index contributed by atoms with van der Waals surface area (Å²) >= 11 is 5.92. The molecule has 1 rings (SSSR count). The van der Waals surface area contributed by atoms with Crippen LogP contribution in [0.4, 0.5) is 0 Å². The molecule has 1 atom stereocenters. The molecule has 0 aliphatic heterocycles. The third kappa shape index (κ3) is 5.07. The smallest absolute Gasteiger partial charge is 0.339 e. The average Bonchev–Trinajstić information content (AvgIpc) is 2.26. The molecule has 0 bridgehead atoms. The summed E-state index contributed by atoms with van der Waals surface area (Å²) in [6, 6.07) is 6.82. The number of hydrogen-bond acceptors (Lipinski definition) is 3. The molecule has 1 aromatic carbocycles. The third-order valence-electron chi connectivity index (χ3n) is 2.15. The fraction of sp³-hybridized carbons (Fsp3) is 0.500. The normalized spacial score (nSPS) is 13.2. The summed E-state index contributed by atoms with van der Waals surface area (Å²) in [7, 11) is 0. The largest absolute Gasteiger partial charge is 0.457 e. The van der Waals surface area contributed by atoms with E-state index in [2.05, 4.69) is 0 Å². The lowest BCUT2D eigenvalue weighted by Crippen LogP contribution is -2.27. The van der Waals surface area contributed by atoms with E-state index in [1.807, 2.05) is 20.8 Å². The Balaban J connectivity index is 2.53. The second-order valence-electron chi connectivity index (χ2n) is 5.12. The summed E-state index contributed by atoms with van der Waals surface area (Å²) in [6.07, 6.45) is -0.312. The highest BCUT2D eigenvalue weighted by Crippen LogP contribution is 2.17. The van der Waals surface area contributed by atoms with Crippen LogP contribution in [0.2, 0.25) is 5.02 Å². The Morgan fingerprint density at radius 2 is 1.94 bits per heavy atom. The first kappa shape index (κ1) is 15.0. The number of ether oxygens (including phenoxy) is 2. The highest BCUT2D eigenvalue weighted by molar-refractivity contribution is 6.33. The lowest BCUT2D eigenvalue weighted by molar-refractivity contribution is -0.0531. The van der Waals surface area contributed by atoms with Gasteiger partial charge in [-0.05, 0) is 39.8 Å². The van der Waals surface area contributed by atoms with Gasteiger partial charge in [0.05, 0.1) is 22.8 Å². The van der Waals surface area contributed by atoms with E-state index in [4.69, 9.17) is 21.1 Å². The van der Waals surface area contributed by atoms with Gasteiger partial charge in [0, 0.05) is 0 Å². The van der Waals surface area contributed by atoms with Crippen LogP contribution >= 0.6 is 11.6 Å². The first-order valence-electron chi connectivity index (χ1n) is 5.89. The molecule has 0 aliphatic rings. The number of carbonyl (C=O) groups excluding carboxylic acids is 1. The Labute approximate surface area is 113 Å². The minimum absolute atomic E-state index is 0.245. The Bertz CT molecular complexity index is 410. The van der Waals surface area contributed by atoms with Crippen LogP contribution < -0.4 is 0 Å². The SMILES string of the molecule is CC(COC(C)(C)C)OC(=O)c1ccccc1Cl. The van der Waals surface area contributed by atoms with E-state index < -0.39 is 5.97 Å². The van der Waals surface area contributed by atoms with Crippen molar-refractivity contribution < 1.29 is 14.3 Å². The summed E-state index contributed by atoms with van der Waals surface area (Å²) in [6.45, 7) is 8.01. The van der Waals surface area contributed by atoms with Crippen molar-refractivity contribution in [1.82, 2.24) is 0 Å².